The Hall–Kier alpha value is -1.79. The van der Waals surface area contributed by atoms with Gasteiger partial charge in [-0.1, -0.05) is 0 Å². The van der Waals surface area contributed by atoms with Crippen molar-refractivity contribution in [3.63, 3.8) is 0 Å². The van der Waals surface area contributed by atoms with Gasteiger partial charge in [0, 0.05) is 19.5 Å². The summed E-state index contributed by atoms with van der Waals surface area (Å²) in [6.45, 7) is 5.95. The van der Waals surface area contributed by atoms with Gasteiger partial charge in [-0.3, -0.25) is 9.59 Å². The molecule has 0 radical (unpaired) electrons. The van der Waals surface area contributed by atoms with Gasteiger partial charge >= 0.3 is 12.1 Å². The molecule has 0 unspecified atom stereocenters. The molecule has 0 spiro atoms. The van der Waals surface area contributed by atoms with Gasteiger partial charge in [-0.2, -0.15) is 0 Å². The Morgan fingerprint density at radius 1 is 1.00 bits per heavy atom. The maximum absolute atomic E-state index is 11.4. The van der Waals surface area contributed by atoms with Gasteiger partial charge in [-0.25, -0.2) is 4.79 Å². The monoisotopic (exact) mass is 288 g/mol. The van der Waals surface area contributed by atoms with Crippen LogP contribution in [0.4, 0.5) is 4.79 Å². The van der Waals surface area contributed by atoms with Gasteiger partial charge in [-0.05, 0) is 27.2 Å². The number of carbonyl (C=O) groups excluding carboxylic acids is 3. The van der Waals surface area contributed by atoms with Gasteiger partial charge in [0.1, 0.15) is 5.60 Å². The summed E-state index contributed by atoms with van der Waals surface area (Å²) in [7, 11) is 1.30. The number of hydrogen-bond acceptors (Lipinski definition) is 5. The van der Waals surface area contributed by atoms with E-state index in [2.05, 4.69) is 15.4 Å². The summed E-state index contributed by atoms with van der Waals surface area (Å²) in [5.74, 6) is -0.531. The van der Waals surface area contributed by atoms with Crippen LogP contribution >= 0.6 is 0 Å². The molecule has 0 aliphatic heterocycles. The Morgan fingerprint density at radius 3 is 2.20 bits per heavy atom. The molecule has 7 heteroatoms. The fraction of sp³-hybridized carbons (Fsp3) is 0.769. The average Bonchev–Trinajstić information content (AvgIpc) is 2.32. The van der Waals surface area contributed by atoms with Crippen molar-refractivity contribution in [2.75, 3.05) is 20.2 Å². The lowest BCUT2D eigenvalue weighted by Gasteiger charge is -2.19. The Kier molecular flexibility index (Phi) is 8.35. The second-order valence-electron chi connectivity index (χ2n) is 5.21. The molecule has 0 aliphatic carbocycles. The summed E-state index contributed by atoms with van der Waals surface area (Å²) in [5.41, 5.74) is -0.532. The molecule has 116 valence electrons. The van der Waals surface area contributed by atoms with Crippen LogP contribution in [0.1, 0.15) is 40.0 Å². The molecule has 0 aromatic rings. The first-order chi connectivity index (χ1) is 9.24. The number of alkyl carbamates (subject to hydrolysis) is 1. The van der Waals surface area contributed by atoms with Crippen molar-refractivity contribution in [1.82, 2.24) is 10.6 Å². The van der Waals surface area contributed by atoms with Crippen LogP contribution < -0.4 is 10.6 Å². The van der Waals surface area contributed by atoms with E-state index in [9.17, 15) is 14.4 Å². The van der Waals surface area contributed by atoms with E-state index in [-0.39, 0.29) is 31.3 Å². The molecule has 0 saturated carbocycles. The number of ether oxygens (including phenoxy) is 2. The fourth-order valence-electron chi connectivity index (χ4n) is 1.25. The predicted molar refractivity (Wildman–Crippen MR) is 73.1 cm³/mol. The minimum Gasteiger partial charge on any atom is -0.469 e. The first-order valence-corrected chi connectivity index (χ1v) is 6.55. The van der Waals surface area contributed by atoms with E-state index in [1.807, 2.05) is 0 Å². The molecule has 0 heterocycles. The summed E-state index contributed by atoms with van der Waals surface area (Å²) >= 11 is 0. The highest BCUT2D eigenvalue weighted by molar-refractivity contribution is 5.77. The molecule has 0 saturated heterocycles. The van der Waals surface area contributed by atoms with Crippen LogP contribution in [0.5, 0.6) is 0 Å². The Labute approximate surface area is 119 Å². The first-order valence-electron chi connectivity index (χ1n) is 6.55. The molecule has 0 aromatic carbocycles. The molecule has 0 bridgehead atoms. The highest BCUT2D eigenvalue weighted by Gasteiger charge is 2.15. The van der Waals surface area contributed by atoms with Crippen LogP contribution in [0, 0.1) is 0 Å². The van der Waals surface area contributed by atoms with E-state index in [0.29, 0.717) is 13.0 Å². The highest BCUT2D eigenvalue weighted by atomic mass is 16.6. The normalized spacial score (nSPS) is 10.6. The first kappa shape index (κ1) is 18.2. The number of amides is 2. The van der Waals surface area contributed by atoms with Crippen molar-refractivity contribution in [2.45, 2.75) is 45.6 Å². The molecule has 2 amide bonds. The van der Waals surface area contributed by atoms with Gasteiger partial charge in [0.05, 0.1) is 13.5 Å². The van der Waals surface area contributed by atoms with Crippen molar-refractivity contribution < 1.29 is 23.9 Å². The van der Waals surface area contributed by atoms with Crippen LogP contribution in [0.15, 0.2) is 0 Å². The second kappa shape index (κ2) is 9.17. The smallest absolute Gasteiger partial charge is 0.407 e. The van der Waals surface area contributed by atoms with E-state index >= 15 is 0 Å². The third kappa shape index (κ3) is 11.3. The molecule has 0 fully saturated rings. The van der Waals surface area contributed by atoms with E-state index in [0.717, 1.165) is 0 Å². The minimum atomic E-state index is -0.532. The predicted octanol–water partition coefficient (Wildman–Crippen LogP) is 0.971. The van der Waals surface area contributed by atoms with Crippen molar-refractivity contribution in [3.05, 3.63) is 0 Å². The SMILES string of the molecule is COC(=O)CCNC(=O)CCCNC(=O)OC(C)(C)C. The minimum absolute atomic E-state index is 0.151. The van der Waals surface area contributed by atoms with Crippen molar-refractivity contribution in [3.8, 4) is 0 Å². The van der Waals surface area contributed by atoms with E-state index < -0.39 is 11.7 Å². The lowest BCUT2D eigenvalue weighted by molar-refractivity contribution is -0.140. The number of esters is 1. The molecule has 2 N–H and O–H groups in total. The van der Waals surface area contributed by atoms with E-state index in [1.54, 1.807) is 20.8 Å². The van der Waals surface area contributed by atoms with Crippen molar-refractivity contribution >= 4 is 18.0 Å². The molecule has 0 aliphatic rings. The Morgan fingerprint density at radius 2 is 1.65 bits per heavy atom. The topological polar surface area (TPSA) is 93.7 Å². The van der Waals surface area contributed by atoms with Gasteiger partial charge in [-0.15, -0.1) is 0 Å². The van der Waals surface area contributed by atoms with Gasteiger partial charge in [0.15, 0.2) is 0 Å². The molecular weight excluding hydrogens is 264 g/mol. The lowest BCUT2D eigenvalue weighted by Crippen LogP contribution is -2.33. The number of hydrogen-bond donors (Lipinski definition) is 2. The van der Waals surface area contributed by atoms with Crippen LogP contribution in [0.3, 0.4) is 0 Å². The van der Waals surface area contributed by atoms with Crippen LogP contribution in [-0.4, -0.2) is 43.8 Å². The summed E-state index contributed by atoms with van der Waals surface area (Å²) < 4.78 is 9.49. The van der Waals surface area contributed by atoms with Gasteiger partial charge in [0.2, 0.25) is 5.91 Å². The summed E-state index contributed by atoms with van der Waals surface area (Å²) in [6, 6.07) is 0. The molecular formula is C13H24N2O5. The van der Waals surface area contributed by atoms with Crippen molar-refractivity contribution in [1.29, 1.82) is 0 Å². The molecule has 20 heavy (non-hydrogen) atoms. The van der Waals surface area contributed by atoms with Gasteiger partial charge < -0.3 is 20.1 Å². The number of methoxy groups -OCH3 is 1. The zero-order valence-electron chi connectivity index (χ0n) is 12.6. The quantitative estimate of drug-likeness (QED) is 0.538. The van der Waals surface area contributed by atoms with E-state index in [4.69, 9.17) is 4.74 Å². The Balaban J connectivity index is 3.57. The van der Waals surface area contributed by atoms with Crippen LogP contribution in [0.2, 0.25) is 0 Å². The zero-order valence-corrected chi connectivity index (χ0v) is 12.6. The molecule has 0 rings (SSSR count). The van der Waals surface area contributed by atoms with E-state index in [1.165, 1.54) is 7.11 Å². The number of rotatable bonds is 7. The van der Waals surface area contributed by atoms with Crippen LogP contribution in [0.25, 0.3) is 0 Å². The lowest BCUT2D eigenvalue weighted by atomic mass is 10.2. The van der Waals surface area contributed by atoms with Crippen LogP contribution in [-0.2, 0) is 19.1 Å². The summed E-state index contributed by atoms with van der Waals surface area (Å²) in [4.78, 5) is 33.5. The highest BCUT2D eigenvalue weighted by Crippen LogP contribution is 2.06. The molecule has 7 nitrogen and oxygen atoms in total. The maximum Gasteiger partial charge on any atom is 0.407 e. The number of nitrogens with one attached hydrogen (secondary N) is 2. The molecule has 0 aromatic heterocycles. The van der Waals surface area contributed by atoms with Gasteiger partial charge in [0.25, 0.3) is 0 Å². The Bertz CT molecular complexity index is 336. The second-order valence-corrected chi connectivity index (χ2v) is 5.21. The fourth-order valence-corrected chi connectivity index (χ4v) is 1.25. The number of carbonyl (C=O) groups is 3. The third-order valence-electron chi connectivity index (χ3n) is 2.13. The largest absolute Gasteiger partial charge is 0.469 e. The summed E-state index contributed by atoms with van der Waals surface area (Å²) in [5, 5.41) is 5.15. The van der Waals surface area contributed by atoms with Crippen molar-refractivity contribution in [2.24, 2.45) is 0 Å². The molecule has 0 atom stereocenters. The zero-order chi connectivity index (χ0) is 15.6. The maximum atomic E-state index is 11.4. The summed E-state index contributed by atoms with van der Waals surface area (Å²) in [6.07, 6.45) is 0.433. The standard InChI is InChI=1S/C13H24N2O5/c1-13(2,3)20-12(18)15-8-5-6-10(16)14-9-7-11(17)19-4/h5-9H2,1-4H3,(H,14,16)(H,15,18). The third-order valence-corrected chi connectivity index (χ3v) is 2.13. The average molecular weight is 288 g/mol.